The Morgan fingerprint density at radius 2 is 1.39 bits per heavy atom. The zero-order valence-corrected chi connectivity index (χ0v) is 19.0. The molecular weight excluding hydrogens is 436 g/mol. The van der Waals surface area contributed by atoms with E-state index in [0.29, 0.717) is 13.1 Å². The van der Waals surface area contributed by atoms with Gasteiger partial charge in [-0.15, -0.1) is 0 Å². The van der Waals surface area contributed by atoms with Gasteiger partial charge in [-0.2, -0.15) is 8.42 Å². The highest BCUT2D eigenvalue weighted by atomic mass is 32.2. The second-order valence-corrected chi connectivity index (χ2v) is 9.30. The van der Waals surface area contributed by atoms with Gasteiger partial charge in [0, 0.05) is 18.5 Å². The first kappa shape index (κ1) is 22.4. The van der Waals surface area contributed by atoms with Crippen molar-refractivity contribution in [1.82, 2.24) is 4.90 Å². The topological polar surface area (TPSA) is 75.7 Å². The van der Waals surface area contributed by atoms with Crippen LogP contribution in [0, 0.1) is 0 Å². The smallest absolute Gasteiger partial charge is 0.322 e. The van der Waals surface area contributed by atoms with Crippen molar-refractivity contribution < 1.29 is 17.4 Å². The Kier molecular flexibility index (Phi) is 6.60. The number of carbonyl (C=O) groups excluding carboxylic acids is 1. The molecule has 0 spiro atoms. The molecule has 0 aromatic heterocycles. The Bertz CT molecular complexity index is 1350. The molecule has 4 aromatic carbocycles. The number of hydrogen-bond acceptors (Lipinski definition) is 4. The van der Waals surface area contributed by atoms with E-state index in [2.05, 4.69) is 5.32 Å². The number of nitrogens with one attached hydrogen (secondary N) is 1. The molecule has 33 heavy (non-hydrogen) atoms. The van der Waals surface area contributed by atoms with Crippen LogP contribution in [0.5, 0.6) is 5.75 Å². The van der Waals surface area contributed by atoms with Crippen LogP contribution >= 0.6 is 0 Å². The van der Waals surface area contributed by atoms with Crippen molar-refractivity contribution >= 4 is 32.6 Å². The fourth-order valence-corrected chi connectivity index (χ4v) is 4.04. The van der Waals surface area contributed by atoms with Gasteiger partial charge in [-0.25, -0.2) is 4.79 Å². The summed E-state index contributed by atoms with van der Waals surface area (Å²) in [4.78, 5) is 15.0. The summed E-state index contributed by atoms with van der Waals surface area (Å²) in [6.07, 6.45) is 1.00. The summed E-state index contributed by atoms with van der Waals surface area (Å²) in [5.41, 5.74) is 2.59. The summed E-state index contributed by atoms with van der Waals surface area (Å²) in [6.45, 7) is 0.754. The van der Waals surface area contributed by atoms with Crippen LogP contribution in [0.4, 0.5) is 10.5 Å². The van der Waals surface area contributed by atoms with E-state index in [-0.39, 0.29) is 11.8 Å². The highest BCUT2D eigenvalue weighted by Crippen LogP contribution is 2.24. The van der Waals surface area contributed by atoms with Crippen LogP contribution in [-0.4, -0.2) is 25.6 Å². The average molecular weight is 461 g/mol. The molecule has 0 aliphatic rings. The predicted octanol–water partition coefficient (Wildman–Crippen LogP) is 5.41. The van der Waals surface area contributed by atoms with Crippen molar-refractivity contribution in [3.05, 3.63) is 108 Å². The van der Waals surface area contributed by atoms with Crippen molar-refractivity contribution in [2.24, 2.45) is 0 Å². The Balaban J connectivity index is 1.57. The van der Waals surface area contributed by atoms with E-state index in [4.69, 9.17) is 4.18 Å². The van der Waals surface area contributed by atoms with Crippen molar-refractivity contribution in [2.45, 2.75) is 13.1 Å². The maximum atomic E-state index is 13.3. The van der Waals surface area contributed by atoms with Crippen LogP contribution in [0.3, 0.4) is 0 Å². The Hall–Kier alpha value is -3.84. The van der Waals surface area contributed by atoms with Gasteiger partial charge in [0.25, 0.3) is 0 Å². The Morgan fingerprint density at radius 1 is 0.788 bits per heavy atom. The van der Waals surface area contributed by atoms with Gasteiger partial charge in [-0.3, -0.25) is 0 Å². The summed E-state index contributed by atoms with van der Waals surface area (Å²) in [5, 5.41) is 5.07. The van der Waals surface area contributed by atoms with Crippen LogP contribution in [0.25, 0.3) is 10.8 Å². The monoisotopic (exact) mass is 460 g/mol. The fourth-order valence-electron chi connectivity index (χ4n) is 3.58. The lowest BCUT2D eigenvalue weighted by Crippen LogP contribution is -2.34. The SMILES string of the molecule is CS(=O)(=O)Oc1ccc(CN(Cc2ccccc2)C(=O)Nc2cccc3ccccc23)cc1. The van der Waals surface area contributed by atoms with Crippen molar-refractivity contribution in [1.29, 1.82) is 0 Å². The van der Waals surface area contributed by atoms with Gasteiger partial charge < -0.3 is 14.4 Å². The number of benzene rings is 4. The number of nitrogens with zero attached hydrogens (tertiary/aromatic N) is 1. The van der Waals surface area contributed by atoms with Crippen molar-refractivity contribution in [2.75, 3.05) is 11.6 Å². The summed E-state index contributed by atoms with van der Waals surface area (Å²) in [7, 11) is -3.59. The molecule has 1 N–H and O–H groups in total. The molecule has 6 nitrogen and oxygen atoms in total. The predicted molar refractivity (Wildman–Crippen MR) is 131 cm³/mol. The van der Waals surface area contributed by atoms with Crippen LogP contribution in [0.2, 0.25) is 0 Å². The van der Waals surface area contributed by atoms with Crippen LogP contribution in [-0.2, 0) is 23.2 Å². The van der Waals surface area contributed by atoms with Gasteiger partial charge in [-0.05, 0) is 34.7 Å². The number of carbonyl (C=O) groups is 1. The molecular formula is C26H24N2O4S. The van der Waals surface area contributed by atoms with E-state index in [1.165, 1.54) is 0 Å². The van der Waals surface area contributed by atoms with Gasteiger partial charge in [0.15, 0.2) is 0 Å². The Morgan fingerprint density at radius 3 is 2.09 bits per heavy atom. The van der Waals surface area contributed by atoms with Gasteiger partial charge >= 0.3 is 16.1 Å². The minimum Gasteiger partial charge on any atom is -0.383 e. The van der Waals surface area contributed by atoms with E-state index >= 15 is 0 Å². The Labute approximate surface area is 193 Å². The highest BCUT2D eigenvalue weighted by Gasteiger charge is 2.16. The first-order chi connectivity index (χ1) is 15.9. The third-order valence-corrected chi connectivity index (χ3v) is 5.57. The number of amides is 2. The molecule has 2 amide bonds. The average Bonchev–Trinajstić information content (AvgIpc) is 2.80. The van der Waals surface area contributed by atoms with Crippen LogP contribution < -0.4 is 9.50 Å². The van der Waals surface area contributed by atoms with E-state index in [1.54, 1.807) is 29.2 Å². The molecule has 4 aromatic rings. The standard InChI is InChI=1S/C26H24N2O4S/c1-33(30,31)32-23-16-14-21(15-17-23)19-28(18-20-8-3-2-4-9-20)26(29)27-25-13-7-11-22-10-5-6-12-24(22)25/h2-17H,18-19H2,1H3,(H,27,29). The summed E-state index contributed by atoms with van der Waals surface area (Å²) >= 11 is 0. The van der Waals surface area contributed by atoms with Crippen molar-refractivity contribution in [3.8, 4) is 5.75 Å². The van der Waals surface area contributed by atoms with Gasteiger partial charge in [0.05, 0.1) is 11.9 Å². The second kappa shape index (κ2) is 9.75. The first-order valence-corrected chi connectivity index (χ1v) is 12.2. The first-order valence-electron chi connectivity index (χ1n) is 10.4. The van der Waals surface area contributed by atoms with E-state index in [1.807, 2.05) is 72.8 Å². The molecule has 0 saturated carbocycles. The number of hydrogen-bond donors (Lipinski definition) is 1. The lowest BCUT2D eigenvalue weighted by atomic mass is 10.1. The number of fused-ring (bicyclic) bond motifs is 1. The van der Waals surface area contributed by atoms with Crippen molar-refractivity contribution in [3.63, 3.8) is 0 Å². The van der Waals surface area contributed by atoms with E-state index in [9.17, 15) is 13.2 Å². The maximum Gasteiger partial charge on any atom is 0.322 e. The molecule has 4 rings (SSSR count). The normalized spacial score (nSPS) is 11.2. The third kappa shape index (κ3) is 6.11. The third-order valence-electron chi connectivity index (χ3n) is 5.08. The minimum absolute atomic E-state index is 0.230. The summed E-state index contributed by atoms with van der Waals surface area (Å²) < 4.78 is 27.6. The lowest BCUT2D eigenvalue weighted by Gasteiger charge is -2.24. The zero-order valence-electron chi connectivity index (χ0n) is 18.1. The molecule has 0 radical (unpaired) electrons. The molecule has 7 heteroatoms. The molecule has 0 fully saturated rings. The summed E-state index contributed by atoms with van der Waals surface area (Å²) in [6, 6.07) is 29.9. The number of urea groups is 1. The van der Waals surface area contributed by atoms with Crippen LogP contribution in [0.1, 0.15) is 11.1 Å². The fraction of sp³-hybridized carbons (Fsp3) is 0.115. The molecule has 0 unspecified atom stereocenters. The lowest BCUT2D eigenvalue weighted by molar-refractivity contribution is 0.206. The van der Waals surface area contributed by atoms with Gasteiger partial charge in [0.1, 0.15) is 5.75 Å². The molecule has 0 saturated heterocycles. The maximum absolute atomic E-state index is 13.3. The summed E-state index contributed by atoms with van der Waals surface area (Å²) in [5.74, 6) is 0.232. The van der Waals surface area contributed by atoms with Crippen LogP contribution in [0.15, 0.2) is 97.1 Å². The van der Waals surface area contributed by atoms with Gasteiger partial charge in [0.2, 0.25) is 0 Å². The zero-order chi connectivity index (χ0) is 23.3. The van der Waals surface area contributed by atoms with E-state index < -0.39 is 10.1 Å². The number of anilines is 1. The second-order valence-electron chi connectivity index (χ2n) is 7.73. The molecule has 168 valence electrons. The molecule has 0 bridgehead atoms. The molecule has 0 aliphatic heterocycles. The van der Waals surface area contributed by atoms with Gasteiger partial charge in [-0.1, -0.05) is 78.9 Å². The van der Waals surface area contributed by atoms with E-state index in [0.717, 1.165) is 33.8 Å². The quantitative estimate of drug-likeness (QED) is 0.374. The molecule has 0 heterocycles. The molecule has 0 atom stereocenters. The molecule has 0 aliphatic carbocycles. The minimum atomic E-state index is -3.59. The largest absolute Gasteiger partial charge is 0.383 e. The highest BCUT2D eigenvalue weighted by molar-refractivity contribution is 7.86. The number of rotatable bonds is 7.